The smallest absolute Gasteiger partial charge is 0.0638 e. The van der Waals surface area contributed by atoms with E-state index in [1.54, 1.807) is 11.3 Å². The van der Waals surface area contributed by atoms with Crippen LogP contribution >= 0.6 is 27.3 Å². The van der Waals surface area contributed by atoms with E-state index in [4.69, 9.17) is 11.0 Å². The van der Waals surface area contributed by atoms with Gasteiger partial charge in [0, 0.05) is 26.8 Å². The van der Waals surface area contributed by atoms with Crippen molar-refractivity contribution in [3.8, 4) is 6.07 Å². The molecule has 1 aromatic heterocycles. The Labute approximate surface area is 122 Å². The lowest BCUT2D eigenvalue weighted by Gasteiger charge is -2.35. The second-order valence-electron chi connectivity index (χ2n) is 4.56. The number of thiophene rings is 1. The van der Waals surface area contributed by atoms with Gasteiger partial charge in [-0.25, -0.2) is 0 Å². The quantitative estimate of drug-likeness (QED) is 0.868. The van der Waals surface area contributed by atoms with Crippen LogP contribution in [0.1, 0.15) is 37.6 Å². The van der Waals surface area contributed by atoms with Gasteiger partial charge in [-0.1, -0.05) is 6.92 Å². The third kappa shape index (κ3) is 3.79. The van der Waals surface area contributed by atoms with Gasteiger partial charge in [0.1, 0.15) is 0 Å². The zero-order chi connectivity index (χ0) is 13.7. The highest BCUT2D eigenvalue weighted by Crippen LogP contribution is 2.32. The lowest BCUT2D eigenvalue weighted by Crippen LogP contribution is -2.42. The summed E-state index contributed by atoms with van der Waals surface area (Å²) in [6, 6.07) is 4.82. The van der Waals surface area contributed by atoms with Crippen molar-refractivity contribution in [2.45, 2.75) is 44.8 Å². The minimum Gasteiger partial charge on any atom is -0.326 e. The van der Waals surface area contributed by atoms with Crippen molar-refractivity contribution in [3.05, 3.63) is 20.8 Å². The van der Waals surface area contributed by atoms with Crippen LogP contribution in [0, 0.1) is 11.3 Å². The molecule has 18 heavy (non-hydrogen) atoms. The molecule has 3 unspecified atom stereocenters. The van der Waals surface area contributed by atoms with Gasteiger partial charge in [-0.3, -0.25) is 4.90 Å². The molecule has 3 nitrogen and oxygen atoms in total. The maximum atomic E-state index is 8.83. The lowest BCUT2D eigenvalue weighted by molar-refractivity contribution is 0.162. The molecule has 1 aromatic rings. The van der Waals surface area contributed by atoms with Crippen LogP contribution in [0.3, 0.4) is 0 Å². The first-order valence-corrected chi connectivity index (χ1v) is 7.76. The molecule has 0 aliphatic rings. The molecule has 1 rings (SSSR count). The largest absolute Gasteiger partial charge is 0.326 e. The molecule has 3 atom stereocenters. The van der Waals surface area contributed by atoms with Crippen LogP contribution in [0.25, 0.3) is 0 Å². The van der Waals surface area contributed by atoms with Crippen LogP contribution in [0.2, 0.25) is 0 Å². The molecule has 100 valence electrons. The summed E-state index contributed by atoms with van der Waals surface area (Å²) in [6.07, 6.45) is 1.44. The molecule has 0 amide bonds. The van der Waals surface area contributed by atoms with Gasteiger partial charge in [0.2, 0.25) is 0 Å². The fraction of sp³-hybridized carbons (Fsp3) is 0.615. The molecule has 0 bridgehead atoms. The van der Waals surface area contributed by atoms with Gasteiger partial charge in [0.15, 0.2) is 0 Å². The molecule has 0 fully saturated rings. The summed E-state index contributed by atoms with van der Waals surface area (Å²) in [6.45, 7) is 4.17. The van der Waals surface area contributed by atoms with E-state index in [0.717, 1.165) is 10.9 Å². The third-order valence-corrected chi connectivity index (χ3v) is 5.04. The van der Waals surface area contributed by atoms with E-state index >= 15 is 0 Å². The Morgan fingerprint density at radius 2 is 2.28 bits per heavy atom. The van der Waals surface area contributed by atoms with Gasteiger partial charge in [-0.15, -0.1) is 11.3 Å². The molecular formula is C13H20BrN3S. The second-order valence-corrected chi connectivity index (χ2v) is 6.42. The van der Waals surface area contributed by atoms with E-state index in [1.807, 2.05) is 0 Å². The molecule has 0 aromatic carbocycles. The molecule has 0 aliphatic carbocycles. The topological polar surface area (TPSA) is 53.0 Å². The Morgan fingerprint density at radius 3 is 2.72 bits per heavy atom. The number of likely N-dealkylation sites (N-methyl/N-ethyl adjacent to an activating group) is 1. The number of halogens is 1. The molecule has 0 saturated heterocycles. The van der Waals surface area contributed by atoms with Gasteiger partial charge in [0.25, 0.3) is 0 Å². The molecule has 2 N–H and O–H groups in total. The average molecular weight is 330 g/mol. The summed E-state index contributed by atoms with van der Waals surface area (Å²) in [7, 11) is 2.05. The van der Waals surface area contributed by atoms with Crippen molar-refractivity contribution in [1.29, 1.82) is 5.26 Å². The van der Waals surface area contributed by atoms with Crippen molar-refractivity contribution >= 4 is 27.3 Å². The zero-order valence-electron chi connectivity index (χ0n) is 11.1. The highest BCUT2D eigenvalue weighted by molar-refractivity contribution is 9.10. The highest BCUT2D eigenvalue weighted by Gasteiger charge is 2.27. The zero-order valence-corrected chi connectivity index (χ0v) is 13.5. The van der Waals surface area contributed by atoms with Gasteiger partial charge < -0.3 is 5.73 Å². The number of rotatable bonds is 6. The third-order valence-electron chi connectivity index (χ3n) is 3.28. The van der Waals surface area contributed by atoms with E-state index in [1.165, 1.54) is 4.88 Å². The summed E-state index contributed by atoms with van der Waals surface area (Å²) >= 11 is 5.20. The standard InChI is InChI=1S/C13H20BrN3S/c1-4-11(16)13(12-7-10(14)8-18-12)17(3)9(2)5-6-15/h7-9,11,13H,4-5,16H2,1-3H3. The van der Waals surface area contributed by atoms with Crippen LogP contribution in [0.15, 0.2) is 15.9 Å². The van der Waals surface area contributed by atoms with Crippen LogP contribution in [-0.4, -0.2) is 24.0 Å². The van der Waals surface area contributed by atoms with E-state index in [9.17, 15) is 0 Å². The Balaban J connectivity index is 2.95. The summed E-state index contributed by atoms with van der Waals surface area (Å²) in [5.41, 5.74) is 6.26. The summed E-state index contributed by atoms with van der Waals surface area (Å²) in [5.74, 6) is 0. The van der Waals surface area contributed by atoms with Gasteiger partial charge >= 0.3 is 0 Å². The molecule has 0 radical (unpaired) electrons. The second kappa shape index (κ2) is 7.25. The van der Waals surface area contributed by atoms with E-state index < -0.39 is 0 Å². The Morgan fingerprint density at radius 1 is 1.61 bits per heavy atom. The number of hydrogen-bond donors (Lipinski definition) is 1. The Kier molecular flexibility index (Phi) is 6.30. The van der Waals surface area contributed by atoms with Crippen LogP contribution < -0.4 is 5.73 Å². The summed E-state index contributed by atoms with van der Waals surface area (Å²) in [5, 5.41) is 10.9. The fourth-order valence-electron chi connectivity index (χ4n) is 1.97. The number of hydrogen-bond acceptors (Lipinski definition) is 4. The van der Waals surface area contributed by atoms with Gasteiger partial charge in [-0.05, 0) is 42.4 Å². The maximum Gasteiger partial charge on any atom is 0.0638 e. The monoisotopic (exact) mass is 329 g/mol. The SMILES string of the molecule is CCC(N)C(c1cc(Br)cs1)N(C)C(C)CC#N. The van der Waals surface area contributed by atoms with Crippen LogP contribution in [0.5, 0.6) is 0 Å². The highest BCUT2D eigenvalue weighted by atomic mass is 79.9. The van der Waals surface area contributed by atoms with Crippen molar-refractivity contribution in [1.82, 2.24) is 4.90 Å². The minimum absolute atomic E-state index is 0.0849. The number of nitrogens with two attached hydrogens (primary N) is 1. The first-order chi connectivity index (χ1) is 8.51. The van der Waals surface area contributed by atoms with Gasteiger partial charge in [0.05, 0.1) is 18.5 Å². The molecular weight excluding hydrogens is 310 g/mol. The van der Waals surface area contributed by atoms with Crippen LogP contribution in [0.4, 0.5) is 0 Å². The Hall–Kier alpha value is -0.410. The van der Waals surface area contributed by atoms with Crippen molar-refractivity contribution in [2.75, 3.05) is 7.05 Å². The molecule has 0 spiro atoms. The van der Waals surface area contributed by atoms with Crippen molar-refractivity contribution in [2.24, 2.45) is 5.73 Å². The molecule has 0 aliphatic heterocycles. The van der Waals surface area contributed by atoms with E-state index in [0.29, 0.717) is 6.42 Å². The molecule has 5 heteroatoms. The first-order valence-electron chi connectivity index (χ1n) is 6.09. The first kappa shape index (κ1) is 15.6. The predicted molar refractivity (Wildman–Crippen MR) is 80.5 cm³/mol. The van der Waals surface area contributed by atoms with Crippen LogP contribution in [-0.2, 0) is 0 Å². The lowest BCUT2D eigenvalue weighted by atomic mass is 10.0. The van der Waals surface area contributed by atoms with Gasteiger partial charge in [-0.2, -0.15) is 5.26 Å². The normalized spacial score (nSPS) is 16.3. The van der Waals surface area contributed by atoms with Crippen molar-refractivity contribution < 1.29 is 0 Å². The average Bonchev–Trinajstić information content (AvgIpc) is 2.75. The predicted octanol–water partition coefficient (Wildman–Crippen LogP) is 3.52. The number of nitriles is 1. The Bertz CT molecular complexity index is 413. The fourth-order valence-corrected chi connectivity index (χ4v) is 3.64. The number of nitrogens with zero attached hydrogens (tertiary/aromatic N) is 2. The summed E-state index contributed by atoms with van der Waals surface area (Å²) in [4.78, 5) is 3.47. The minimum atomic E-state index is 0.0849. The van der Waals surface area contributed by atoms with Crippen molar-refractivity contribution in [3.63, 3.8) is 0 Å². The van der Waals surface area contributed by atoms with E-state index in [-0.39, 0.29) is 18.1 Å². The maximum absolute atomic E-state index is 8.83. The molecule has 1 heterocycles. The van der Waals surface area contributed by atoms with E-state index in [2.05, 4.69) is 59.2 Å². The summed E-state index contributed by atoms with van der Waals surface area (Å²) < 4.78 is 1.09. The molecule has 0 saturated carbocycles.